The molecule has 0 spiro atoms. The Morgan fingerprint density at radius 1 is 0.914 bits per heavy atom. The Morgan fingerprint density at radius 2 is 1.60 bits per heavy atom. The van der Waals surface area contributed by atoms with Crippen molar-refractivity contribution in [2.24, 2.45) is 0 Å². The van der Waals surface area contributed by atoms with E-state index >= 15 is 0 Å². The molecule has 1 N–H and O–H groups in total. The molecular weight excluding hydrogens is 464 g/mol. The summed E-state index contributed by atoms with van der Waals surface area (Å²) in [6.07, 6.45) is 0. The normalized spacial score (nSPS) is 13.7. The molecule has 8 heteroatoms. The van der Waals surface area contributed by atoms with Gasteiger partial charge >= 0.3 is 0 Å². The van der Waals surface area contributed by atoms with Gasteiger partial charge in [-0.15, -0.1) is 0 Å². The number of amides is 1. The number of carbonyl (C=O) groups excluding carboxylic acids is 1. The Kier molecular flexibility index (Phi) is 7.03. The Morgan fingerprint density at radius 3 is 2.29 bits per heavy atom. The lowest BCUT2D eigenvalue weighted by Gasteiger charge is -2.26. The monoisotopic (exact) mass is 494 g/mol. The fourth-order valence-corrected chi connectivity index (χ4v) is 5.28. The van der Waals surface area contributed by atoms with Gasteiger partial charge in [0.15, 0.2) is 11.5 Å². The van der Waals surface area contributed by atoms with Crippen LogP contribution in [0.5, 0.6) is 11.5 Å². The molecule has 0 fully saturated rings. The van der Waals surface area contributed by atoms with Gasteiger partial charge in [0.1, 0.15) is 19.8 Å². The summed E-state index contributed by atoms with van der Waals surface area (Å²) in [5.74, 6) is 0.887. The van der Waals surface area contributed by atoms with Crippen LogP contribution in [0.1, 0.15) is 35.2 Å². The van der Waals surface area contributed by atoms with Crippen LogP contribution in [0, 0.1) is 20.8 Å². The molecule has 184 valence electrons. The number of anilines is 1. The van der Waals surface area contributed by atoms with Crippen LogP contribution in [-0.4, -0.2) is 34.1 Å². The SMILES string of the molecule is Cc1ccc(S(=O)(=O)N(CC(=O)N[C@@H](C)c2ccc3c(c2)OCCO3)c2ccc(C)c(C)c2)cc1. The average molecular weight is 495 g/mol. The molecule has 1 heterocycles. The molecule has 0 saturated carbocycles. The fraction of sp³-hybridized carbons (Fsp3) is 0.296. The number of hydrogen-bond donors (Lipinski definition) is 1. The van der Waals surface area contributed by atoms with Gasteiger partial charge in [-0.1, -0.05) is 29.8 Å². The minimum Gasteiger partial charge on any atom is -0.486 e. The molecule has 0 radical (unpaired) electrons. The largest absolute Gasteiger partial charge is 0.486 e. The van der Waals surface area contributed by atoms with E-state index in [1.807, 2.05) is 52.0 Å². The van der Waals surface area contributed by atoms with Gasteiger partial charge in [-0.05, 0) is 80.8 Å². The highest BCUT2D eigenvalue weighted by molar-refractivity contribution is 7.92. The summed E-state index contributed by atoms with van der Waals surface area (Å²) in [5.41, 5.74) is 4.21. The van der Waals surface area contributed by atoms with E-state index in [4.69, 9.17) is 9.47 Å². The first-order valence-corrected chi connectivity index (χ1v) is 12.9. The average Bonchev–Trinajstić information content (AvgIpc) is 2.84. The van der Waals surface area contributed by atoms with E-state index < -0.39 is 15.9 Å². The first kappa shape index (κ1) is 24.6. The highest BCUT2D eigenvalue weighted by Crippen LogP contribution is 2.32. The number of fused-ring (bicyclic) bond motifs is 1. The molecule has 0 aliphatic carbocycles. The van der Waals surface area contributed by atoms with Gasteiger partial charge in [-0.3, -0.25) is 9.10 Å². The Balaban J connectivity index is 1.59. The molecule has 1 atom stereocenters. The Hall–Kier alpha value is -3.52. The van der Waals surface area contributed by atoms with E-state index in [1.165, 1.54) is 0 Å². The number of aryl methyl sites for hydroxylation is 3. The molecule has 0 saturated heterocycles. The van der Waals surface area contributed by atoms with Crippen molar-refractivity contribution in [3.8, 4) is 11.5 Å². The predicted octanol–water partition coefficient (Wildman–Crippen LogP) is 4.46. The molecule has 3 aromatic rings. The number of nitrogens with one attached hydrogen (secondary N) is 1. The summed E-state index contributed by atoms with van der Waals surface area (Å²) in [7, 11) is -3.97. The van der Waals surface area contributed by atoms with Crippen LogP contribution in [-0.2, 0) is 14.8 Å². The van der Waals surface area contributed by atoms with Gasteiger partial charge < -0.3 is 14.8 Å². The molecule has 0 bridgehead atoms. The molecule has 3 aromatic carbocycles. The second kappa shape index (κ2) is 10.00. The van der Waals surface area contributed by atoms with Gasteiger partial charge in [-0.2, -0.15) is 0 Å². The highest BCUT2D eigenvalue weighted by atomic mass is 32.2. The minimum atomic E-state index is -3.97. The first-order chi connectivity index (χ1) is 16.6. The van der Waals surface area contributed by atoms with Crippen molar-refractivity contribution in [1.29, 1.82) is 0 Å². The number of hydrogen-bond acceptors (Lipinski definition) is 5. The van der Waals surface area contributed by atoms with Crippen molar-refractivity contribution in [2.75, 3.05) is 24.1 Å². The zero-order chi connectivity index (χ0) is 25.2. The topological polar surface area (TPSA) is 84.9 Å². The van der Waals surface area contributed by atoms with E-state index in [1.54, 1.807) is 36.4 Å². The van der Waals surface area contributed by atoms with Crippen LogP contribution in [0.3, 0.4) is 0 Å². The zero-order valence-corrected chi connectivity index (χ0v) is 21.2. The van der Waals surface area contributed by atoms with Gasteiger partial charge in [0.25, 0.3) is 10.0 Å². The lowest BCUT2D eigenvalue weighted by atomic mass is 10.1. The third-order valence-electron chi connectivity index (χ3n) is 6.12. The molecule has 0 aromatic heterocycles. The molecule has 4 rings (SSSR count). The number of carbonyl (C=O) groups is 1. The maximum Gasteiger partial charge on any atom is 0.264 e. The van der Waals surface area contributed by atoms with Crippen molar-refractivity contribution in [2.45, 2.75) is 38.6 Å². The summed E-state index contributed by atoms with van der Waals surface area (Å²) in [6, 6.07) is 17.2. The van der Waals surface area contributed by atoms with Gasteiger partial charge in [0.2, 0.25) is 5.91 Å². The quantitative estimate of drug-likeness (QED) is 0.524. The van der Waals surface area contributed by atoms with Crippen molar-refractivity contribution in [3.05, 3.63) is 82.9 Å². The molecule has 35 heavy (non-hydrogen) atoms. The van der Waals surface area contributed by atoms with Gasteiger partial charge in [0.05, 0.1) is 16.6 Å². The maximum absolute atomic E-state index is 13.6. The molecule has 1 amide bonds. The highest BCUT2D eigenvalue weighted by Gasteiger charge is 2.28. The standard InChI is InChI=1S/C27H30N2O5S/c1-18-5-10-24(11-6-18)35(31,32)29(23-9-7-19(2)20(3)15-23)17-27(30)28-21(4)22-8-12-25-26(16-22)34-14-13-33-25/h5-12,15-16,21H,13-14,17H2,1-4H3,(H,28,30)/t21-/m0/s1. The Bertz CT molecular complexity index is 1340. The van der Waals surface area contributed by atoms with Gasteiger partial charge in [-0.25, -0.2) is 8.42 Å². The first-order valence-electron chi connectivity index (χ1n) is 11.5. The fourth-order valence-electron chi connectivity index (χ4n) is 3.86. The molecule has 7 nitrogen and oxygen atoms in total. The van der Waals surface area contributed by atoms with Crippen LogP contribution >= 0.6 is 0 Å². The van der Waals surface area contributed by atoms with Crippen LogP contribution < -0.4 is 19.1 Å². The molecule has 1 aliphatic heterocycles. The van der Waals surface area contributed by atoms with E-state index in [0.29, 0.717) is 30.4 Å². The Labute approximate surface area is 206 Å². The number of nitrogens with zero attached hydrogens (tertiary/aromatic N) is 1. The van der Waals surface area contributed by atoms with Crippen molar-refractivity contribution in [1.82, 2.24) is 5.32 Å². The summed E-state index contributed by atoms with van der Waals surface area (Å²) in [4.78, 5) is 13.2. The summed E-state index contributed by atoms with van der Waals surface area (Å²) in [6.45, 7) is 8.23. The smallest absolute Gasteiger partial charge is 0.264 e. The summed E-state index contributed by atoms with van der Waals surface area (Å²) in [5, 5.41) is 2.92. The lowest BCUT2D eigenvalue weighted by molar-refractivity contribution is -0.120. The molecule has 1 aliphatic rings. The van der Waals surface area contributed by atoms with Gasteiger partial charge in [0, 0.05) is 0 Å². The lowest BCUT2D eigenvalue weighted by Crippen LogP contribution is -2.41. The second-order valence-electron chi connectivity index (χ2n) is 8.79. The number of rotatable bonds is 7. The predicted molar refractivity (Wildman–Crippen MR) is 136 cm³/mol. The van der Waals surface area contributed by atoms with Crippen LogP contribution in [0.4, 0.5) is 5.69 Å². The summed E-state index contributed by atoms with van der Waals surface area (Å²) >= 11 is 0. The zero-order valence-electron chi connectivity index (χ0n) is 20.4. The van der Waals surface area contributed by atoms with E-state index in [2.05, 4.69) is 5.32 Å². The third-order valence-corrected chi connectivity index (χ3v) is 7.91. The van der Waals surface area contributed by atoms with Crippen LogP contribution in [0.25, 0.3) is 0 Å². The van der Waals surface area contributed by atoms with Crippen LogP contribution in [0.2, 0.25) is 0 Å². The van der Waals surface area contributed by atoms with E-state index in [-0.39, 0.29) is 17.5 Å². The van der Waals surface area contributed by atoms with Crippen molar-refractivity contribution in [3.63, 3.8) is 0 Å². The number of benzene rings is 3. The number of ether oxygens (including phenoxy) is 2. The minimum absolute atomic E-state index is 0.133. The maximum atomic E-state index is 13.6. The van der Waals surface area contributed by atoms with E-state index in [9.17, 15) is 13.2 Å². The third kappa shape index (κ3) is 5.43. The van der Waals surface area contributed by atoms with E-state index in [0.717, 1.165) is 26.6 Å². The summed E-state index contributed by atoms with van der Waals surface area (Å²) < 4.78 is 39.6. The second-order valence-corrected chi connectivity index (χ2v) is 10.6. The van der Waals surface area contributed by atoms with Crippen molar-refractivity contribution >= 4 is 21.6 Å². The van der Waals surface area contributed by atoms with Crippen LogP contribution in [0.15, 0.2) is 65.6 Å². The van der Waals surface area contributed by atoms with Crippen molar-refractivity contribution < 1.29 is 22.7 Å². The molecular formula is C27H30N2O5S. The number of sulfonamides is 1. The molecule has 0 unspecified atom stereocenters.